The molecule has 5 N–H and O–H groups in total. The van der Waals surface area contributed by atoms with Crippen molar-refractivity contribution in [3.63, 3.8) is 0 Å². The summed E-state index contributed by atoms with van der Waals surface area (Å²) >= 11 is 0. The molecule has 0 heterocycles. The van der Waals surface area contributed by atoms with Gasteiger partial charge in [0.15, 0.2) is 11.3 Å². The van der Waals surface area contributed by atoms with Crippen LogP contribution in [0.3, 0.4) is 0 Å². The van der Waals surface area contributed by atoms with Crippen LogP contribution in [0, 0.1) is 35.5 Å². The van der Waals surface area contributed by atoms with Crippen molar-refractivity contribution >= 4 is 136 Å². The number of hydrogen-bond acceptors (Lipinski definition) is 14. The van der Waals surface area contributed by atoms with Crippen LogP contribution in [0.15, 0.2) is 0 Å². The molecule has 0 aromatic carbocycles. The number of amides is 5. The van der Waals surface area contributed by atoms with Crippen molar-refractivity contribution in [3.8, 4) is 0 Å². The van der Waals surface area contributed by atoms with Crippen molar-refractivity contribution in [2.45, 2.75) is 119 Å². The van der Waals surface area contributed by atoms with Crippen molar-refractivity contribution < 1.29 is 67.0 Å². The maximum atomic E-state index is 13.8. The molecule has 0 bridgehead atoms. The van der Waals surface area contributed by atoms with E-state index in [4.69, 9.17) is 52.7 Å². The van der Waals surface area contributed by atoms with Gasteiger partial charge in [-0.1, -0.05) is 29.1 Å². The fourth-order valence-electron chi connectivity index (χ4n) is 7.58. The number of nitrogens with one attached hydrogen (secondary N) is 5. The Kier molecular flexibility index (Phi) is 41.7. The molecule has 5 amide bonds. The van der Waals surface area contributed by atoms with Gasteiger partial charge in [0.1, 0.15) is 19.1 Å². The van der Waals surface area contributed by atoms with Crippen molar-refractivity contribution in [1.82, 2.24) is 26.6 Å². The van der Waals surface area contributed by atoms with E-state index in [1.165, 1.54) is 7.11 Å². The van der Waals surface area contributed by atoms with E-state index in [0.717, 1.165) is 12.1 Å². The Morgan fingerprint density at radius 2 is 1.04 bits per heavy atom. The number of carbonyl (C=O) groups is 11. The molecule has 0 saturated carbocycles. The summed E-state index contributed by atoms with van der Waals surface area (Å²) in [5.74, 6) is -9.35. The fourth-order valence-corrected chi connectivity index (χ4v) is 9.29. The summed E-state index contributed by atoms with van der Waals surface area (Å²) in [4.78, 5) is 144. The van der Waals surface area contributed by atoms with Crippen LogP contribution >= 0.6 is 16.5 Å². The summed E-state index contributed by atoms with van der Waals surface area (Å²) in [5, 5.41) is 12.3. The Balaban J connectivity index is 0. The number of rotatable bonds is 43. The van der Waals surface area contributed by atoms with Gasteiger partial charge in [-0.05, 0) is 45.2 Å². The number of hydrogen-bond donors (Lipinski definition) is 5. The molecule has 0 aliphatic carbocycles. The molecular weight excluding hydrogens is 1010 g/mol. The molecule has 412 valence electrons. The first kappa shape index (κ1) is 74.6. The van der Waals surface area contributed by atoms with Crippen molar-refractivity contribution in [2.75, 3.05) is 79.5 Å². The van der Waals surface area contributed by atoms with Gasteiger partial charge in [-0.2, -0.15) is 0 Å². The normalized spacial score (nSPS) is 13.0. The van der Waals surface area contributed by atoms with Gasteiger partial charge < -0.3 is 30.2 Å². The van der Waals surface area contributed by atoms with Crippen LogP contribution in [0.2, 0.25) is 0 Å². The minimum absolute atomic E-state index is 0. The van der Waals surface area contributed by atoms with Crippen molar-refractivity contribution in [2.24, 2.45) is 35.5 Å². The third-order valence-electron chi connectivity index (χ3n) is 11.8. The van der Waals surface area contributed by atoms with Crippen LogP contribution in [0.25, 0.3) is 0 Å². The molecule has 0 fully saturated rings. The van der Waals surface area contributed by atoms with Crippen LogP contribution in [0.4, 0.5) is 0 Å². The van der Waals surface area contributed by atoms with E-state index >= 15 is 0 Å². The topological polar surface area (TPSA) is 276 Å². The molecule has 0 saturated heterocycles. The van der Waals surface area contributed by atoms with E-state index in [2.05, 4.69) is 26.6 Å². The van der Waals surface area contributed by atoms with Crippen LogP contribution in [-0.2, 0) is 67.0 Å². The minimum atomic E-state index is -2.77. The standard InChI is InChI=1S/C46H76B8N5O14PS.CH4/c1-8-72-17-15-36(60)12-9-32(43(67)55-16-18-73-20-19-71-6)10-13-37(61)23-33(11-14-40(64)56-26-38(62)24-34(21-30(2)3)45(69)58-28-41(65)74(7)51)44(68)57-27-39(63)25-35(22-31(4)5)46(70)59-29-42(66)75(52-47,53-48)54(49)50;/h30-35H,8-29H2,1-7H3,(H,55,67)(H,56,64)(H,57,68)(H,58,69)(H,59,70);1H4. The first-order chi connectivity index (χ1) is 35.4. The average molecular weight is 1090 g/mol. The zero-order valence-electron chi connectivity index (χ0n) is 45.2. The summed E-state index contributed by atoms with van der Waals surface area (Å²) in [6.45, 7) is 10.7. The predicted octanol–water partition coefficient (Wildman–Crippen LogP) is 0.418. The molecule has 0 aromatic heterocycles. The van der Waals surface area contributed by atoms with Gasteiger partial charge in [0.25, 0.3) is 0 Å². The van der Waals surface area contributed by atoms with Gasteiger partial charge in [0.2, 0.25) is 17.7 Å². The van der Waals surface area contributed by atoms with E-state index in [0.29, 0.717) is 26.2 Å². The third kappa shape index (κ3) is 32.4. The molecular formula is C47H80B8N5O14PS. The second kappa shape index (κ2) is 42.5. The third-order valence-corrected chi connectivity index (χ3v) is 15.5. The zero-order valence-corrected chi connectivity index (χ0v) is 46.9. The second-order valence-electron chi connectivity index (χ2n) is 19.1. The molecule has 0 aromatic rings. The van der Waals surface area contributed by atoms with Gasteiger partial charge in [-0.15, -0.1) is 0 Å². The number of carbonyl (C=O) groups excluding carboxylic acids is 11. The summed E-state index contributed by atoms with van der Waals surface area (Å²) in [6.07, 6.45) is -0.704. The van der Waals surface area contributed by atoms with Gasteiger partial charge in [-0.25, -0.2) is 0 Å². The molecule has 0 rings (SSSR count). The Morgan fingerprint density at radius 3 is 1.54 bits per heavy atom. The summed E-state index contributed by atoms with van der Waals surface area (Å²) in [5.41, 5.74) is -0.320. The SMILES string of the molecule is C.[B]B=S(=B[B])(B([B])[B])C(=O)CNC(=O)C(CC(=O)CNC(=O)C(CCC(=O)NCC(=O)CC(CC(C)C)C(=O)NCC(=O)P([B])C)CC(=O)CCC(CCC(=O)CCOCC)C(=O)NCCOCCOC)CC(C)C. The molecule has 19 nitrogen and oxygen atoms in total. The van der Waals surface area contributed by atoms with Crippen molar-refractivity contribution in [1.29, 1.82) is 0 Å². The average Bonchev–Trinajstić information content (AvgIpc) is 3.35. The Bertz CT molecular complexity index is 2020. The van der Waals surface area contributed by atoms with Gasteiger partial charge in [0, 0.05) is 70.6 Å². The van der Waals surface area contributed by atoms with E-state index in [9.17, 15) is 52.7 Å². The van der Waals surface area contributed by atoms with Crippen LogP contribution < -0.4 is 26.6 Å². The van der Waals surface area contributed by atoms with Gasteiger partial charge >= 0.3 is 168 Å². The van der Waals surface area contributed by atoms with Crippen LogP contribution in [-0.4, -0.2) is 199 Å². The maximum absolute atomic E-state index is 13.8. The molecule has 0 aliphatic heterocycles. The summed E-state index contributed by atoms with van der Waals surface area (Å²) < 4.78 is 15.7. The Hall–Kier alpha value is -3.45. The first-order valence-corrected chi connectivity index (χ1v) is 29.1. The molecule has 29 heteroatoms. The summed E-state index contributed by atoms with van der Waals surface area (Å²) in [6, 6.07) is 2.03. The van der Waals surface area contributed by atoms with E-state index in [1.54, 1.807) is 13.6 Å². The number of Topliss-reactive ketones (excluding diaryl/α,β-unsaturated/α-hetero) is 4. The predicted molar refractivity (Wildman–Crippen MR) is 307 cm³/mol. The quantitative estimate of drug-likeness (QED) is 0.0315. The van der Waals surface area contributed by atoms with E-state index in [1.807, 2.05) is 27.7 Å². The fraction of sp³-hybridized carbons (Fsp3) is 0.766. The second-order valence-corrected chi connectivity index (χ2v) is 23.9. The van der Waals surface area contributed by atoms with Crippen molar-refractivity contribution in [3.05, 3.63) is 0 Å². The zero-order chi connectivity index (χ0) is 57.1. The first-order valence-electron chi connectivity index (χ1n) is 25.4. The molecule has 76 heavy (non-hydrogen) atoms. The number of ether oxygens (including phenoxy) is 3. The summed E-state index contributed by atoms with van der Waals surface area (Å²) in [7, 11) is 25.9. The van der Waals surface area contributed by atoms with Crippen LogP contribution in [0.1, 0.15) is 119 Å². The molecule has 5 unspecified atom stereocenters. The van der Waals surface area contributed by atoms with Crippen LogP contribution in [0.5, 0.6) is 0 Å². The molecule has 5 atom stereocenters. The molecule has 10 radical (unpaired) electrons. The monoisotopic (exact) mass is 1090 g/mol. The van der Waals surface area contributed by atoms with Gasteiger partial charge in [0.05, 0.1) is 39.5 Å². The van der Waals surface area contributed by atoms with E-state index in [-0.39, 0.29) is 121 Å². The Labute approximate surface area is 461 Å². The Morgan fingerprint density at radius 1 is 0.566 bits per heavy atom. The number of methoxy groups -OCH3 is 1. The number of ketones is 4. The van der Waals surface area contributed by atoms with Gasteiger partial charge in [-0.3, -0.25) is 33.6 Å². The molecule has 0 spiro atoms. The molecule has 0 aliphatic rings. The van der Waals surface area contributed by atoms with E-state index < -0.39 is 124 Å².